The van der Waals surface area contributed by atoms with Gasteiger partial charge in [0.2, 0.25) is 0 Å². The maximum Gasteiger partial charge on any atom is 0.273 e. The molecule has 1 aliphatic heterocycles. The molecule has 1 aromatic carbocycles. The number of nitrogens with zero attached hydrogens (tertiary/aromatic N) is 3. The summed E-state index contributed by atoms with van der Waals surface area (Å²) in [6, 6.07) is 8.30. The van der Waals surface area contributed by atoms with Crippen LogP contribution in [-0.4, -0.2) is 40.2 Å². The second-order valence-electron chi connectivity index (χ2n) is 6.02. The average Bonchev–Trinajstić information content (AvgIpc) is 3.24. The molecule has 1 aromatic heterocycles. The molecule has 122 valence electrons. The summed E-state index contributed by atoms with van der Waals surface area (Å²) in [5.74, 6) is -0.206. The molecule has 0 bridgehead atoms. The number of benzene rings is 1. The highest BCUT2D eigenvalue weighted by molar-refractivity contribution is 5.91. The number of rotatable bonds is 5. The molecule has 1 amide bonds. The molecule has 6 nitrogen and oxygen atoms in total. The van der Waals surface area contributed by atoms with Gasteiger partial charge in [0.15, 0.2) is 5.69 Å². The van der Waals surface area contributed by atoms with Gasteiger partial charge < -0.3 is 10.1 Å². The zero-order valence-electron chi connectivity index (χ0n) is 13.5. The number of hydrogen-bond donors (Lipinski definition) is 1. The minimum atomic E-state index is -0.206. The van der Waals surface area contributed by atoms with Gasteiger partial charge >= 0.3 is 0 Å². The highest BCUT2D eigenvalue weighted by atomic mass is 16.5. The van der Waals surface area contributed by atoms with Crippen molar-refractivity contribution in [2.75, 3.05) is 13.2 Å². The number of amides is 1. The van der Waals surface area contributed by atoms with Gasteiger partial charge in [0.25, 0.3) is 5.91 Å². The van der Waals surface area contributed by atoms with E-state index >= 15 is 0 Å². The molecule has 2 heterocycles. The number of aryl methyl sites for hydroxylation is 1. The zero-order valence-corrected chi connectivity index (χ0v) is 13.5. The molecular formula is C17H22N4O2. The van der Waals surface area contributed by atoms with Gasteiger partial charge in [-0.3, -0.25) is 4.79 Å². The molecule has 0 aliphatic carbocycles. The van der Waals surface area contributed by atoms with Gasteiger partial charge in [0.1, 0.15) is 0 Å². The van der Waals surface area contributed by atoms with Crippen molar-refractivity contribution in [3.8, 4) is 0 Å². The van der Waals surface area contributed by atoms with Crippen molar-refractivity contribution in [3.05, 3.63) is 47.3 Å². The van der Waals surface area contributed by atoms with Crippen LogP contribution in [0.25, 0.3) is 0 Å². The van der Waals surface area contributed by atoms with Crippen molar-refractivity contribution in [1.82, 2.24) is 20.3 Å². The molecule has 1 N–H and O–H groups in total. The Morgan fingerprint density at radius 1 is 1.43 bits per heavy atom. The van der Waals surface area contributed by atoms with E-state index in [1.54, 1.807) is 10.9 Å². The Morgan fingerprint density at radius 2 is 2.22 bits per heavy atom. The highest BCUT2D eigenvalue weighted by Gasteiger charge is 2.19. The van der Waals surface area contributed by atoms with E-state index in [1.165, 1.54) is 5.56 Å². The Kier molecular flexibility index (Phi) is 4.71. The number of carbonyl (C=O) groups excluding carboxylic acids is 1. The smallest absolute Gasteiger partial charge is 0.273 e. The van der Waals surface area contributed by atoms with Crippen LogP contribution in [0.3, 0.4) is 0 Å². The maximum absolute atomic E-state index is 12.1. The summed E-state index contributed by atoms with van der Waals surface area (Å²) < 4.78 is 7.21. The number of nitrogens with one attached hydrogen (secondary N) is 1. The first kappa shape index (κ1) is 15.7. The van der Waals surface area contributed by atoms with Crippen molar-refractivity contribution in [2.24, 2.45) is 0 Å². The van der Waals surface area contributed by atoms with Gasteiger partial charge in [0.05, 0.1) is 18.3 Å². The molecule has 1 saturated heterocycles. The molecule has 3 rings (SSSR count). The van der Waals surface area contributed by atoms with Crippen LogP contribution in [-0.2, 0) is 4.74 Å². The minimum absolute atomic E-state index is 0.0304. The third kappa shape index (κ3) is 3.76. The van der Waals surface area contributed by atoms with Crippen LogP contribution < -0.4 is 5.32 Å². The first-order valence-electron chi connectivity index (χ1n) is 8.01. The summed E-state index contributed by atoms with van der Waals surface area (Å²) in [5, 5.41) is 10.9. The highest BCUT2D eigenvalue weighted by Crippen LogP contribution is 2.17. The van der Waals surface area contributed by atoms with Crippen molar-refractivity contribution < 1.29 is 9.53 Å². The molecule has 1 aliphatic rings. The van der Waals surface area contributed by atoms with Crippen molar-refractivity contribution in [2.45, 2.75) is 38.8 Å². The van der Waals surface area contributed by atoms with Crippen LogP contribution in [0.5, 0.6) is 0 Å². The summed E-state index contributed by atoms with van der Waals surface area (Å²) in [7, 11) is 0. The Bertz CT molecular complexity index is 659. The van der Waals surface area contributed by atoms with Crippen molar-refractivity contribution in [3.63, 3.8) is 0 Å². The second-order valence-corrected chi connectivity index (χ2v) is 6.02. The Morgan fingerprint density at radius 3 is 2.91 bits per heavy atom. The Balaban J connectivity index is 1.62. The van der Waals surface area contributed by atoms with Crippen LogP contribution in [0.4, 0.5) is 0 Å². The predicted octanol–water partition coefficient (Wildman–Crippen LogP) is 2.10. The van der Waals surface area contributed by atoms with Crippen molar-refractivity contribution >= 4 is 5.91 Å². The topological polar surface area (TPSA) is 69.0 Å². The normalized spacial score (nSPS) is 18.8. The van der Waals surface area contributed by atoms with Gasteiger partial charge in [-0.1, -0.05) is 35.0 Å². The van der Waals surface area contributed by atoms with Crippen LogP contribution >= 0.6 is 0 Å². The molecule has 6 heteroatoms. The minimum Gasteiger partial charge on any atom is -0.376 e. The molecule has 2 unspecified atom stereocenters. The predicted molar refractivity (Wildman–Crippen MR) is 86.3 cm³/mol. The lowest BCUT2D eigenvalue weighted by Gasteiger charge is -2.11. The molecular weight excluding hydrogens is 292 g/mol. The summed E-state index contributed by atoms with van der Waals surface area (Å²) in [6.07, 6.45) is 3.87. The summed E-state index contributed by atoms with van der Waals surface area (Å²) in [5.41, 5.74) is 2.68. The van der Waals surface area contributed by atoms with Gasteiger partial charge in [-0.2, -0.15) is 0 Å². The van der Waals surface area contributed by atoms with E-state index in [2.05, 4.69) is 46.8 Å². The van der Waals surface area contributed by atoms with Gasteiger partial charge in [-0.05, 0) is 32.3 Å². The standard InChI is InChI=1S/C17H22N4O2/c1-12-5-7-14(8-6-12)13(2)21-11-16(19-20-21)17(22)18-10-15-4-3-9-23-15/h5-8,11,13,15H,3-4,9-10H2,1-2H3,(H,18,22). The fourth-order valence-electron chi connectivity index (χ4n) is 2.67. The number of hydrogen-bond acceptors (Lipinski definition) is 4. The van der Waals surface area contributed by atoms with E-state index in [4.69, 9.17) is 4.74 Å². The van der Waals surface area contributed by atoms with Gasteiger partial charge in [-0.15, -0.1) is 5.10 Å². The van der Waals surface area contributed by atoms with Crippen LogP contribution in [0.1, 0.15) is 47.4 Å². The molecule has 2 atom stereocenters. The average molecular weight is 314 g/mol. The molecule has 2 aromatic rings. The van der Waals surface area contributed by atoms with Gasteiger partial charge in [0, 0.05) is 13.2 Å². The van der Waals surface area contributed by atoms with Crippen molar-refractivity contribution in [1.29, 1.82) is 0 Å². The summed E-state index contributed by atoms with van der Waals surface area (Å²) in [4.78, 5) is 12.1. The fraction of sp³-hybridized carbons (Fsp3) is 0.471. The lowest BCUT2D eigenvalue weighted by molar-refractivity contribution is 0.0853. The summed E-state index contributed by atoms with van der Waals surface area (Å²) in [6.45, 7) is 5.40. The lowest BCUT2D eigenvalue weighted by Crippen LogP contribution is -2.32. The number of aromatic nitrogens is 3. The second kappa shape index (κ2) is 6.91. The van der Waals surface area contributed by atoms with E-state index in [0.29, 0.717) is 12.2 Å². The third-order valence-electron chi connectivity index (χ3n) is 4.21. The SMILES string of the molecule is Cc1ccc(C(C)n2cc(C(=O)NCC3CCCO3)nn2)cc1. The quantitative estimate of drug-likeness (QED) is 0.917. The first-order chi connectivity index (χ1) is 11.1. The number of ether oxygens (including phenoxy) is 1. The van der Waals surface area contributed by atoms with Crippen LogP contribution in [0, 0.1) is 6.92 Å². The molecule has 1 fully saturated rings. The molecule has 23 heavy (non-hydrogen) atoms. The number of carbonyl (C=O) groups is 1. The van der Waals surface area contributed by atoms with E-state index in [9.17, 15) is 4.79 Å². The maximum atomic E-state index is 12.1. The Hall–Kier alpha value is -2.21. The van der Waals surface area contributed by atoms with E-state index < -0.39 is 0 Å². The Labute approximate surface area is 135 Å². The van der Waals surface area contributed by atoms with Gasteiger partial charge in [-0.25, -0.2) is 4.68 Å². The summed E-state index contributed by atoms with van der Waals surface area (Å²) >= 11 is 0. The van der Waals surface area contributed by atoms with E-state index in [0.717, 1.165) is 25.0 Å². The lowest BCUT2D eigenvalue weighted by atomic mass is 10.1. The van der Waals surface area contributed by atoms with E-state index in [1.807, 2.05) is 6.92 Å². The van der Waals surface area contributed by atoms with E-state index in [-0.39, 0.29) is 18.1 Å². The zero-order chi connectivity index (χ0) is 16.2. The molecule has 0 radical (unpaired) electrons. The molecule has 0 spiro atoms. The largest absolute Gasteiger partial charge is 0.376 e. The molecule has 0 saturated carbocycles. The van der Waals surface area contributed by atoms with Crippen LogP contribution in [0.2, 0.25) is 0 Å². The third-order valence-corrected chi connectivity index (χ3v) is 4.21. The van der Waals surface area contributed by atoms with Crippen LogP contribution in [0.15, 0.2) is 30.5 Å². The first-order valence-corrected chi connectivity index (χ1v) is 8.01. The monoisotopic (exact) mass is 314 g/mol. The fourth-order valence-corrected chi connectivity index (χ4v) is 2.67.